The summed E-state index contributed by atoms with van der Waals surface area (Å²) in [6, 6.07) is 9.83. The van der Waals surface area contributed by atoms with Gasteiger partial charge in [0.25, 0.3) is 0 Å². The second-order valence-electron chi connectivity index (χ2n) is 9.37. The molecule has 8 heteroatoms. The zero-order chi connectivity index (χ0) is 22.7. The molecule has 2 fully saturated rings. The molecule has 1 aromatic carbocycles. The lowest BCUT2D eigenvalue weighted by Gasteiger charge is -2.21. The molecule has 7 nitrogen and oxygen atoms in total. The van der Waals surface area contributed by atoms with E-state index in [2.05, 4.69) is 15.2 Å². The molecule has 6 rings (SSSR count). The number of aromatic nitrogens is 3. The van der Waals surface area contributed by atoms with Gasteiger partial charge in [0.05, 0.1) is 16.7 Å². The summed E-state index contributed by atoms with van der Waals surface area (Å²) in [5, 5.41) is 14.3. The summed E-state index contributed by atoms with van der Waals surface area (Å²) in [5.74, 6) is 1.62. The van der Waals surface area contributed by atoms with Crippen LogP contribution in [0.3, 0.4) is 0 Å². The Morgan fingerprint density at radius 3 is 2.73 bits per heavy atom. The lowest BCUT2D eigenvalue weighted by Crippen LogP contribution is -2.43. The second-order valence-corrected chi connectivity index (χ2v) is 9.37. The number of hydrogen-bond acceptors (Lipinski definition) is 7. The molecule has 0 spiro atoms. The minimum Gasteiger partial charge on any atom is -0.507 e. The molecule has 4 heterocycles. The van der Waals surface area contributed by atoms with Crippen molar-refractivity contribution in [3.8, 4) is 17.0 Å². The molecule has 0 radical (unpaired) electrons. The first-order valence-corrected chi connectivity index (χ1v) is 11.4. The third-order valence-electron chi connectivity index (χ3n) is 6.94. The average molecular weight is 448 g/mol. The normalized spacial score (nSPS) is 19.6. The van der Waals surface area contributed by atoms with Crippen molar-refractivity contribution in [3.05, 3.63) is 41.8 Å². The molecule has 1 aliphatic heterocycles. The largest absolute Gasteiger partial charge is 0.507 e. The Hall–Kier alpha value is -3.26. The van der Waals surface area contributed by atoms with Crippen molar-refractivity contribution in [2.75, 3.05) is 24.7 Å². The highest BCUT2D eigenvalue weighted by Crippen LogP contribution is 2.38. The predicted molar refractivity (Wildman–Crippen MR) is 125 cm³/mol. The summed E-state index contributed by atoms with van der Waals surface area (Å²) in [4.78, 5) is 16.2. The molecular formula is C25H26FN5O2. The maximum absolute atomic E-state index is 13.2. The Labute approximate surface area is 190 Å². The van der Waals surface area contributed by atoms with Crippen molar-refractivity contribution in [1.29, 1.82) is 0 Å². The van der Waals surface area contributed by atoms with E-state index in [1.54, 1.807) is 13.0 Å². The smallest absolute Gasteiger partial charge is 0.192 e. The van der Waals surface area contributed by atoms with Crippen LogP contribution < -0.4 is 10.2 Å². The number of alkyl halides is 1. The quantitative estimate of drug-likeness (QED) is 0.468. The van der Waals surface area contributed by atoms with Gasteiger partial charge in [-0.2, -0.15) is 0 Å². The van der Waals surface area contributed by atoms with E-state index in [4.69, 9.17) is 14.4 Å². The number of fused-ring (bicyclic) bond motifs is 2. The number of benzene rings is 1. The fourth-order valence-corrected chi connectivity index (χ4v) is 4.83. The van der Waals surface area contributed by atoms with Crippen LogP contribution in [0.4, 0.5) is 10.2 Å². The predicted octanol–water partition coefficient (Wildman–Crippen LogP) is 4.43. The number of halogens is 1. The summed E-state index contributed by atoms with van der Waals surface area (Å²) >= 11 is 0. The van der Waals surface area contributed by atoms with Crippen molar-refractivity contribution in [2.24, 2.45) is 0 Å². The topological polar surface area (TPSA) is 87.3 Å². The number of anilines is 1. The van der Waals surface area contributed by atoms with Crippen LogP contribution in [0.15, 0.2) is 34.7 Å². The zero-order valence-electron chi connectivity index (χ0n) is 18.7. The van der Waals surface area contributed by atoms with Crippen LogP contribution in [0.25, 0.3) is 33.4 Å². The van der Waals surface area contributed by atoms with Crippen LogP contribution in [-0.4, -0.2) is 51.4 Å². The van der Waals surface area contributed by atoms with Crippen LogP contribution in [0.2, 0.25) is 0 Å². The maximum atomic E-state index is 13.2. The zero-order valence-corrected chi connectivity index (χ0v) is 18.7. The Balaban J connectivity index is 1.28. The van der Waals surface area contributed by atoms with Gasteiger partial charge in [-0.1, -0.05) is 0 Å². The lowest BCUT2D eigenvalue weighted by molar-refractivity contribution is 0.332. The first-order chi connectivity index (χ1) is 15.9. The number of aryl methyl sites for hydroxylation is 2. The lowest BCUT2D eigenvalue weighted by atomic mass is 10.0. The van der Waals surface area contributed by atoms with Crippen LogP contribution in [0.5, 0.6) is 5.75 Å². The second kappa shape index (κ2) is 7.38. The fraction of sp³-hybridized carbons (Fsp3) is 0.400. The van der Waals surface area contributed by atoms with E-state index in [-0.39, 0.29) is 18.0 Å². The standard InChI is InChI=1S/C25H26FN5O2/c1-14-23-21(33-15(2)27-23)11-17(24(14)32)18-3-4-20-19(28-18)5-6-22(29-20)31-10-7-16(12-31)30-25(13-26)8-9-25/h3-6,11,16,30,32H,7-10,12-13H2,1-2H3/t16-/m1/s1. The van der Waals surface area contributed by atoms with Crippen LogP contribution in [0, 0.1) is 13.8 Å². The van der Waals surface area contributed by atoms with Crippen LogP contribution in [-0.2, 0) is 0 Å². The molecule has 2 aliphatic rings. The summed E-state index contributed by atoms with van der Waals surface area (Å²) < 4.78 is 18.9. The molecule has 0 unspecified atom stereocenters. The van der Waals surface area contributed by atoms with Gasteiger partial charge in [-0.25, -0.2) is 19.3 Å². The van der Waals surface area contributed by atoms with Crippen molar-refractivity contribution in [2.45, 2.75) is 44.7 Å². The third-order valence-corrected chi connectivity index (χ3v) is 6.94. The summed E-state index contributed by atoms with van der Waals surface area (Å²) in [7, 11) is 0. The van der Waals surface area contributed by atoms with Crippen molar-refractivity contribution in [1.82, 2.24) is 20.3 Å². The number of rotatable bonds is 5. The van der Waals surface area contributed by atoms with E-state index in [1.807, 2.05) is 31.2 Å². The highest BCUT2D eigenvalue weighted by Gasteiger charge is 2.45. The SMILES string of the molecule is Cc1nc2c(C)c(O)c(-c3ccc4nc(N5CC[C@@H](NC6(CF)CC6)C5)ccc4n3)cc2o1. The number of oxazole rings is 1. The van der Waals surface area contributed by atoms with Crippen LogP contribution >= 0.6 is 0 Å². The van der Waals surface area contributed by atoms with Gasteiger partial charge in [-0.05, 0) is 56.5 Å². The summed E-state index contributed by atoms with van der Waals surface area (Å²) in [6.07, 6.45) is 2.85. The molecule has 3 aromatic heterocycles. The number of pyridine rings is 2. The molecular weight excluding hydrogens is 421 g/mol. The van der Waals surface area contributed by atoms with E-state index < -0.39 is 0 Å². The van der Waals surface area contributed by atoms with Gasteiger partial charge in [0, 0.05) is 42.7 Å². The van der Waals surface area contributed by atoms with E-state index in [9.17, 15) is 9.50 Å². The maximum Gasteiger partial charge on any atom is 0.192 e. The van der Waals surface area contributed by atoms with Gasteiger partial charge in [-0.15, -0.1) is 0 Å². The van der Waals surface area contributed by atoms with Crippen molar-refractivity contribution < 1.29 is 13.9 Å². The Morgan fingerprint density at radius 1 is 1.15 bits per heavy atom. The van der Waals surface area contributed by atoms with Crippen molar-refractivity contribution in [3.63, 3.8) is 0 Å². The first-order valence-electron chi connectivity index (χ1n) is 11.4. The minimum atomic E-state index is -0.288. The average Bonchev–Trinajstić information content (AvgIpc) is 3.25. The van der Waals surface area contributed by atoms with Gasteiger partial charge in [0.1, 0.15) is 23.8 Å². The van der Waals surface area contributed by atoms with Crippen LogP contribution in [0.1, 0.15) is 30.7 Å². The molecule has 0 bridgehead atoms. The molecule has 1 saturated carbocycles. The molecule has 170 valence electrons. The van der Waals surface area contributed by atoms with Gasteiger partial charge in [0.2, 0.25) is 0 Å². The molecule has 4 aromatic rings. The third kappa shape index (κ3) is 3.49. The van der Waals surface area contributed by atoms with Gasteiger partial charge in [0.15, 0.2) is 11.5 Å². The molecule has 0 amide bonds. The Kier molecular flexibility index (Phi) is 4.55. The number of phenols is 1. The van der Waals surface area contributed by atoms with E-state index in [0.717, 1.165) is 49.2 Å². The molecule has 1 atom stereocenters. The molecule has 1 saturated heterocycles. The Morgan fingerprint density at radius 2 is 1.94 bits per heavy atom. The van der Waals surface area contributed by atoms with Gasteiger partial charge < -0.3 is 19.7 Å². The molecule has 1 aliphatic carbocycles. The minimum absolute atomic E-state index is 0.157. The van der Waals surface area contributed by atoms with E-state index >= 15 is 0 Å². The number of hydrogen-bond donors (Lipinski definition) is 2. The highest BCUT2D eigenvalue weighted by atomic mass is 19.1. The fourth-order valence-electron chi connectivity index (χ4n) is 4.83. The monoisotopic (exact) mass is 447 g/mol. The van der Waals surface area contributed by atoms with E-state index in [1.165, 1.54) is 0 Å². The molecule has 33 heavy (non-hydrogen) atoms. The summed E-state index contributed by atoms with van der Waals surface area (Å²) in [6.45, 7) is 5.05. The number of phenolic OH excluding ortho intramolecular Hbond substituents is 1. The molecule has 2 N–H and O–H groups in total. The number of aromatic hydroxyl groups is 1. The van der Waals surface area contributed by atoms with E-state index in [0.29, 0.717) is 39.9 Å². The first kappa shape index (κ1) is 20.4. The number of nitrogens with zero attached hydrogens (tertiary/aromatic N) is 4. The van der Waals surface area contributed by atoms with Gasteiger partial charge in [-0.3, -0.25) is 0 Å². The number of nitrogens with one attached hydrogen (secondary N) is 1. The van der Waals surface area contributed by atoms with Crippen molar-refractivity contribution >= 4 is 28.0 Å². The highest BCUT2D eigenvalue weighted by molar-refractivity contribution is 5.89. The Bertz CT molecular complexity index is 1380. The summed E-state index contributed by atoms with van der Waals surface area (Å²) in [5.41, 5.74) is 4.51. The van der Waals surface area contributed by atoms with Gasteiger partial charge >= 0.3 is 0 Å².